The Hall–Kier alpha value is -0.980. The molecule has 0 saturated heterocycles. The SMILES string of the molecule is Cc1cccc(C(C#N)c2c(Cl)c(Cl)nc(Cl)c2Cl)c1. The Balaban J connectivity index is 2.68. The third kappa shape index (κ3) is 2.87. The van der Waals surface area contributed by atoms with Gasteiger partial charge in [-0.1, -0.05) is 76.2 Å². The van der Waals surface area contributed by atoms with Gasteiger partial charge in [-0.2, -0.15) is 5.26 Å². The number of nitriles is 1. The summed E-state index contributed by atoms with van der Waals surface area (Å²) in [6.07, 6.45) is 0. The van der Waals surface area contributed by atoms with E-state index in [0.717, 1.165) is 11.1 Å². The monoisotopic (exact) mass is 344 g/mol. The second kappa shape index (κ2) is 6.20. The highest BCUT2D eigenvalue weighted by Gasteiger charge is 2.24. The molecule has 1 heterocycles. The minimum atomic E-state index is -0.659. The van der Waals surface area contributed by atoms with E-state index in [1.165, 1.54) is 0 Å². The summed E-state index contributed by atoms with van der Waals surface area (Å²) in [5.41, 5.74) is 2.18. The number of pyridine rings is 1. The van der Waals surface area contributed by atoms with Crippen molar-refractivity contribution >= 4 is 46.4 Å². The molecule has 6 heteroatoms. The van der Waals surface area contributed by atoms with E-state index >= 15 is 0 Å². The lowest BCUT2D eigenvalue weighted by molar-refractivity contribution is 1.02. The highest BCUT2D eigenvalue weighted by atomic mass is 35.5. The third-order valence-electron chi connectivity index (χ3n) is 2.82. The largest absolute Gasteiger partial charge is 0.221 e. The summed E-state index contributed by atoms with van der Waals surface area (Å²) in [5.74, 6) is -0.659. The van der Waals surface area contributed by atoms with Gasteiger partial charge in [-0.05, 0) is 12.5 Å². The number of nitrogens with zero attached hydrogens (tertiary/aromatic N) is 2. The van der Waals surface area contributed by atoms with Crippen LogP contribution in [0.15, 0.2) is 24.3 Å². The van der Waals surface area contributed by atoms with E-state index in [-0.39, 0.29) is 20.4 Å². The quantitative estimate of drug-likeness (QED) is 0.658. The first-order valence-electron chi connectivity index (χ1n) is 5.61. The van der Waals surface area contributed by atoms with E-state index in [0.29, 0.717) is 5.56 Å². The third-order valence-corrected chi connectivity index (χ3v) is 4.33. The molecule has 0 amide bonds. The van der Waals surface area contributed by atoms with Gasteiger partial charge in [-0.25, -0.2) is 4.98 Å². The van der Waals surface area contributed by atoms with Gasteiger partial charge >= 0.3 is 0 Å². The van der Waals surface area contributed by atoms with E-state index in [9.17, 15) is 5.26 Å². The molecule has 2 nitrogen and oxygen atoms in total. The highest BCUT2D eigenvalue weighted by Crippen LogP contribution is 2.41. The number of rotatable bonds is 2. The summed E-state index contributed by atoms with van der Waals surface area (Å²) in [5, 5.41) is 9.84. The number of benzene rings is 1. The maximum absolute atomic E-state index is 9.48. The van der Waals surface area contributed by atoms with Crippen molar-refractivity contribution in [3.05, 3.63) is 61.3 Å². The molecule has 0 spiro atoms. The summed E-state index contributed by atoms with van der Waals surface area (Å²) in [6, 6.07) is 9.71. The molecule has 0 bridgehead atoms. The fourth-order valence-electron chi connectivity index (χ4n) is 1.91. The molecule has 2 rings (SSSR count). The molecule has 0 radical (unpaired) electrons. The first kappa shape index (κ1) is 15.4. The van der Waals surface area contributed by atoms with Gasteiger partial charge in [0, 0.05) is 5.56 Å². The zero-order valence-electron chi connectivity index (χ0n) is 10.3. The molecule has 1 unspecified atom stereocenters. The smallest absolute Gasteiger partial charge is 0.149 e. The predicted molar refractivity (Wildman–Crippen MR) is 82.9 cm³/mol. The van der Waals surface area contributed by atoms with Crippen LogP contribution in [0.2, 0.25) is 20.4 Å². The van der Waals surface area contributed by atoms with Crippen LogP contribution in [0, 0.1) is 18.3 Å². The molecule has 0 fully saturated rings. The van der Waals surface area contributed by atoms with Crippen LogP contribution >= 0.6 is 46.4 Å². The fraction of sp³-hybridized carbons (Fsp3) is 0.143. The second-order valence-electron chi connectivity index (χ2n) is 4.21. The average molecular weight is 346 g/mol. The Morgan fingerprint density at radius 1 is 1.10 bits per heavy atom. The van der Waals surface area contributed by atoms with Gasteiger partial charge in [0.1, 0.15) is 10.3 Å². The van der Waals surface area contributed by atoms with Crippen molar-refractivity contribution in [1.29, 1.82) is 5.26 Å². The van der Waals surface area contributed by atoms with Crippen molar-refractivity contribution in [2.45, 2.75) is 12.8 Å². The van der Waals surface area contributed by atoms with Gasteiger partial charge in [0.25, 0.3) is 0 Å². The van der Waals surface area contributed by atoms with Crippen LogP contribution in [0.1, 0.15) is 22.6 Å². The van der Waals surface area contributed by atoms with Crippen LogP contribution in [0.3, 0.4) is 0 Å². The van der Waals surface area contributed by atoms with Crippen LogP contribution in [0.25, 0.3) is 0 Å². The summed E-state index contributed by atoms with van der Waals surface area (Å²) < 4.78 is 0. The Kier molecular flexibility index (Phi) is 4.78. The topological polar surface area (TPSA) is 36.7 Å². The number of hydrogen-bond acceptors (Lipinski definition) is 2. The number of aromatic nitrogens is 1. The molecule has 20 heavy (non-hydrogen) atoms. The van der Waals surface area contributed by atoms with E-state index in [1.54, 1.807) is 0 Å². The van der Waals surface area contributed by atoms with E-state index in [4.69, 9.17) is 46.4 Å². The first-order chi connectivity index (χ1) is 9.45. The molecular formula is C14H8Cl4N2. The first-order valence-corrected chi connectivity index (χ1v) is 7.13. The summed E-state index contributed by atoms with van der Waals surface area (Å²) >= 11 is 24.1. The van der Waals surface area contributed by atoms with Crippen molar-refractivity contribution in [3.63, 3.8) is 0 Å². The second-order valence-corrected chi connectivity index (χ2v) is 5.68. The van der Waals surface area contributed by atoms with Crippen LogP contribution in [-0.2, 0) is 0 Å². The van der Waals surface area contributed by atoms with Crippen molar-refractivity contribution in [2.75, 3.05) is 0 Å². The summed E-state index contributed by atoms with van der Waals surface area (Å²) in [6.45, 7) is 1.94. The van der Waals surface area contributed by atoms with Crippen LogP contribution in [0.5, 0.6) is 0 Å². The lowest BCUT2D eigenvalue weighted by Crippen LogP contribution is -2.02. The Labute approximate surface area is 136 Å². The van der Waals surface area contributed by atoms with Gasteiger partial charge in [0.2, 0.25) is 0 Å². The van der Waals surface area contributed by atoms with Gasteiger partial charge in [-0.3, -0.25) is 0 Å². The number of aryl methyl sites for hydroxylation is 1. The summed E-state index contributed by atoms with van der Waals surface area (Å²) in [4.78, 5) is 3.82. The Morgan fingerprint density at radius 3 is 2.20 bits per heavy atom. The fourth-order valence-corrected chi connectivity index (χ4v) is 2.87. The zero-order valence-corrected chi connectivity index (χ0v) is 13.3. The molecule has 102 valence electrons. The maximum atomic E-state index is 9.48. The standard InChI is InChI=1S/C14H8Cl4N2/c1-7-3-2-4-8(5-7)9(6-19)10-11(15)13(17)20-14(18)12(10)16/h2-5,9H,1H3. The van der Waals surface area contributed by atoms with E-state index < -0.39 is 5.92 Å². The van der Waals surface area contributed by atoms with Gasteiger partial charge < -0.3 is 0 Å². The number of halogens is 4. The van der Waals surface area contributed by atoms with Gasteiger partial charge in [0.15, 0.2) is 0 Å². The Morgan fingerprint density at radius 2 is 1.70 bits per heavy atom. The van der Waals surface area contributed by atoms with Crippen molar-refractivity contribution < 1.29 is 0 Å². The molecule has 0 aliphatic carbocycles. The normalized spacial score (nSPS) is 12.0. The molecule has 0 saturated carbocycles. The molecule has 0 aliphatic rings. The molecule has 1 aromatic heterocycles. The van der Waals surface area contributed by atoms with Crippen LogP contribution in [-0.4, -0.2) is 4.98 Å². The van der Waals surface area contributed by atoms with E-state index in [2.05, 4.69) is 11.1 Å². The average Bonchev–Trinajstić information content (AvgIpc) is 2.41. The summed E-state index contributed by atoms with van der Waals surface area (Å²) in [7, 11) is 0. The van der Waals surface area contributed by atoms with Crippen LogP contribution in [0.4, 0.5) is 0 Å². The molecule has 0 aliphatic heterocycles. The highest BCUT2D eigenvalue weighted by molar-refractivity contribution is 6.46. The van der Waals surface area contributed by atoms with Crippen molar-refractivity contribution in [1.82, 2.24) is 4.98 Å². The minimum Gasteiger partial charge on any atom is -0.221 e. The predicted octanol–water partition coefficient (Wildman–Crippen LogP) is 5.66. The lowest BCUT2D eigenvalue weighted by Gasteiger charge is -2.15. The zero-order chi connectivity index (χ0) is 14.9. The van der Waals surface area contributed by atoms with Crippen molar-refractivity contribution in [2.24, 2.45) is 0 Å². The number of hydrogen-bond donors (Lipinski definition) is 0. The van der Waals surface area contributed by atoms with Gasteiger partial charge in [-0.15, -0.1) is 0 Å². The molecular weight excluding hydrogens is 338 g/mol. The lowest BCUT2D eigenvalue weighted by atomic mass is 9.92. The van der Waals surface area contributed by atoms with Crippen LogP contribution < -0.4 is 0 Å². The van der Waals surface area contributed by atoms with E-state index in [1.807, 2.05) is 31.2 Å². The Bertz CT molecular complexity index is 681. The minimum absolute atomic E-state index is 0.0315. The molecule has 0 N–H and O–H groups in total. The van der Waals surface area contributed by atoms with Gasteiger partial charge in [0.05, 0.1) is 22.0 Å². The molecule has 1 aromatic carbocycles. The van der Waals surface area contributed by atoms with Crippen molar-refractivity contribution in [3.8, 4) is 6.07 Å². The molecule has 1 atom stereocenters. The molecule has 2 aromatic rings. The maximum Gasteiger partial charge on any atom is 0.149 e.